The van der Waals surface area contributed by atoms with E-state index in [4.69, 9.17) is 23.2 Å². The third-order valence-corrected chi connectivity index (χ3v) is 4.85. The molecule has 0 atom stereocenters. The Balaban J connectivity index is 2.10. The zero-order valence-corrected chi connectivity index (χ0v) is 12.4. The predicted octanol–water partition coefficient (Wildman–Crippen LogP) is 4.49. The van der Waals surface area contributed by atoms with Crippen LogP contribution in [-0.2, 0) is 0 Å². The Kier molecular flexibility index (Phi) is 3.23. The first kappa shape index (κ1) is 12.3. The minimum Gasteiger partial charge on any atom is -0.217 e. The molecule has 3 rings (SSSR count). The Bertz CT molecular complexity index is 689. The second-order valence-electron chi connectivity index (χ2n) is 3.55. The Morgan fingerprint density at radius 1 is 1.33 bits per heavy atom. The van der Waals surface area contributed by atoms with Gasteiger partial charge in [0.05, 0.1) is 16.9 Å². The number of imidazole rings is 1. The number of thioether (sulfide) groups is 1. The molecule has 0 N–H and O–H groups in total. The molecule has 0 saturated heterocycles. The Morgan fingerprint density at radius 2 is 2.17 bits per heavy atom. The molecule has 92 valence electrons. The highest BCUT2D eigenvalue weighted by Gasteiger charge is 2.11. The lowest BCUT2D eigenvalue weighted by molar-refractivity contribution is 0.916. The minimum absolute atomic E-state index is 0.596. The van der Waals surface area contributed by atoms with Gasteiger partial charge < -0.3 is 0 Å². The number of fused-ring (bicyclic) bond motifs is 1. The maximum absolute atomic E-state index is 6.16. The van der Waals surface area contributed by atoms with Gasteiger partial charge in [0.2, 0.25) is 4.96 Å². The summed E-state index contributed by atoms with van der Waals surface area (Å²) in [6.07, 6.45) is 3.87. The van der Waals surface area contributed by atoms with Crippen molar-refractivity contribution in [3.05, 3.63) is 34.4 Å². The molecule has 0 saturated carbocycles. The molecule has 0 unspecified atom stereocenters. The maximum Gasteiger partial charge on any atom is 0.213 e. The number of nitrogens with zero attached hydrogens (tertiary/aromatic N) is 3. The fraction of sp³-hybridized carbons (Fsp3) is 0.0909. The van der Waals surface area contributed by atoms with E-state index in [1.165, 1.54) is 0 Å². The topological polar surface area (TPSA) is 30.2 Å². The summed E-state index contributed by atoms with van der Waals surface area (Å²) >= 11 is 15.2. The van der Waals surface area contributed by atoms with Crippen LogP contribution in [0.4, 0.5) is 0 Å². The fourth-order valence-electron chi connectivity index (χ4n) is 1.59. The van der Waals surface area contributed by atoms with Crippen molar-refractivity contribution >= 4 is 51.3 Å². The van der Waals surface area contributed by atoms with Crippen LogP contribution in [0, 0.1) is 0 Å². The van der Waals surface area contributed by atoms with Crippen LogP contribution >= 0.6 is 46.3 Å². The van der Waals surface area contributed by atoms with Crippen molar-refractivity contribution in [1.29, 1.82) is 0 Å². The van der Waals surface area contributed by atoms with Gasteiger partial charge in [-0.05, 0) is 24.5 Å². The summed E-state index contributed by atoms with van der Waals surface area (Å²) in [7, 11) is 0. The van der Waals surface area contributed by atoms with Gasteiger partial charge in [-0.3, -0.25) is 0 Å². The summed E-state index contributed by atoms with van der Waals surface area (Å²) < 4.78 is 2.77. The summed E-state index contributed by atoms with van der Waals surface area (Å²) in [6.45, 7) is 0. The number of aromatic nitrogens is 3. The molecule has 2 aromatic heterocycles. The van der Waals surface area contributed by atoms with E-state index in [1.54, 1.807) is 39.7 Å². The summed E-state index contributed by atoms with van der Waals surface area (Å²) in [5.74, 6) is 0. The number of rotatable bonds is 2. The van der Waals surface area contributed by atoms with Gasteiger partial charge in [-0.1, -0.05) is 46.3 Å². The average molecular weight is 316 g/mol. The monoisotopic (exact) mass is 315 g/mol. The van der Waals surface area contributed by atoms with E-state index in [0.29, 0.717) is 10.0 Å². The van der Waals surface area contributed by atoms with Gasteiger partial charge in [0, 0.05) is 10.6 Å². The SMILES string of the molecule is CSc1nn2cc(-c3ccc(Cl)cc3Cl)nc2s1. The van der Waals surface area contributed by atoms with Crippen molar-refractivity contribution in [2.24, 2.45) is 0 Å². The third-order valence-electron chi connectivity index (χ3n) is 2.41. The van der Waals surface area contributed by atoms with Gasteiger partial charge in [-0.15, -0.1) is 5.10 Å². The van der Waals surface area contributed by atoms with Crippen LogP contribution in [0.5, 0.6) is 0 Å². The van der Waals surface area contributed by atoms with Crippen LogP contribution in [0.2, 0.25) is 10.0 Å². The minimum atomic E-state index is 0.596. The van der Waals surface area contributed by atoms with E-state index in [2.05, 4.69) is 10.1 Å². The lowest BCUT2D eigenvalue weighted by Gasteiger charge is -2.00. The molecular formula is C11H7Cl2N3S2. The van der Waals surface area contributed by atoms with Crippen LogP contribution < -0.4 is 0 Å². The molecule has 2 heterocycles. The van der Waals surface area contributed by atoms with Crippen molar-refractivity contribution in [2.45, 2.75) is 4.34 Å². The first-order valence-corrected chi connectivity index (χ1v) is 7.83. The molecule has 0 spiro atoms. The molecule has 0 aliphatic rings. The maximum atomic E-state index is 6.16. The van der Waals surface area contributed by atoms with Crippen LogP contribution in [0.3, 0.4) is 0 Å². The number of benzene rings is 1. The summed E-state index contributed by atoms with van der Waals surface area (Å²) in [6, 6.07) is 5.39. The average Bonchev–Trinajstić information content (AvgIpc) is 2.86. The van der Waals surface area contributed by atoms with E-state index < -0.39 is 0 Å². The van der Waals surface area contributed by atoms with Gasteiger partial charge in [0.15, 0.2) is 4.34 Å². The molecule has 3 aromatic rings. The molecule has 1 aromatic carbocycles. The third kappa shape index (κ3) is 2.12. The van der Waals surface area contributed by atoms with Crippen molar-refractivity contribution < 1.29 is 0 Å². The Labute approximate surface area is 122 Å². The van der Waals surface area contributed by atoms with Crippen molar-refractivity contribution in [2.75, 3.05) is 6.26 Å². The van der Waals surface area contributed by atoms with E-state index >= 15 is 0 Å². The van der Waals surface area contributed by atoms with Gasteiger partial charge >= 0.3 is 0 Å². The summed E-state index contributed by atoms with van der Waals surface area (Å²) in [5.41, 5.74) is 1.67. The number of hydrogen-bond donors (Lipinski definition) is 0. The molecule has 0 fully saturated rings. The van der Waals surface area contributed by atoms with Crippen LogP contribution in [0.15, 0.2) is 28.7 Å². The van der Waals surface area contributed by atoms with Gasteiger partial charge in [0.1, 0.15) is 0 Å². The molecule has 0 radical (unpaired) electrons. The Hall–Kier alpha value is -0.750. The molecule has 0 amide bonds. The highest BCUT2D eigenvalue weighted by Crippen LogP contribution is 2.31. The molecular weight excluding hydrogens is 309 g/mol. The van der Waals surface area contributed by atoms with Crippen molar-refractivity contribution in [1.82, 2.24) is 14.6 Å². The molecule has 0 bridgehead atoms. The standard InChI is InChI=1S/C11H7Cl2N3S2/c1-17-11-15-16-5-9(14-10(16)18-11)7-3-2-6(12)4-8(7)13/h2-5H,1H3. The van der Waals surface area contributed by atoms with E-state index in [-0.39, 0.29) is 0 Å². The van der Waals surface area contributed by atoms with Gasteiger partial charge in [-0.25, -0.2) is 9.50 Å². The highest BCUT2D eigenvalue weighted by molar-refractivity contribution is 8.00. The summed E-state index contributed by atoms with van der Waals surface area (Å²) in [5, 5.41) is 5.60. The van der Waals surface area contributed by atoms with Crippen LogP contribution in [-0.4, -0.2) is 20.9 Å². The van der Waals surface area contributed by atoms with Gasteiger partial charge in [0.25, 0.3) is 0 Å². The molecule has 3 nitrogen and oxygen atoms in total. The molecule has 18 heavy (non-hydrogen) atoms. The normalized spacial score (nSPS) is 11.3. The van der Waals surface area contributed by atoms with E-state index in [0.717, 1.165) is 20.6 Å². The fourth-order valence-corrected chi connectivity index (χ4v) is 3.44. The van der Waals surface area contributed by atoms with Crippen molar-refractivity contribution in [3.8, 4) is 11.3 Å². The van der Waals surface area contributed by atoms with Crippen LogP contribution in [0.25, 0.3) is 16.2 Å². The largest absolute Gasteiger partial charge is 0.217 e. The quantitative estimate of drug-likeness (QED) is 0.653. The molecule has 0 aliphatic heterocycles. The highest BCUT2D eigenvalue weighted by atomic mass is 35.5. The zero-order chi connectivity index (χ0) is 12.7. The van der Waals surface area contributed by atoms with E-state index in [1.807, 2.05) is 18.5 Å². The second kappa shape index (κ2) is 4.74. The van der Waals surface area contributed by atoms with E-state index in [9.17, 15) is 0 Å². The number of hydrogen-bond acceptors (Lipinski definition) is 4. The van der Waals surface area contributed by atoms with Crippen LogP contribution in [0.1, 0.15) is 0 Å². The first-order valence-electron chi connectivity index (χ1n) is 5.03. The predicted molar refractivity (Wildman–Crippen MR) is 78.1 cm³/mol. The second-order valence-corrected chi connectivity index (χ2v) is 6.40. The smallest absolute Gasteiger partial charge is 0.213 e. The number of halogens is 2. The lowest BCUT2D eigenvalue weighted by atomic mass is 10.2. The zero-order valence-electron chi connectivity index (χ0n) is 9.22. The Morgan fingerprint density at radius 3 is 2.83 bits per heavy atom. The molecule has 7 heteroatoms. The first-order chi connectivity index (χ1) is 8.67. The molecule has 0 aliphatic carbocycles. The van der Waals surface area contributed by atoms with Crippen molar-refractivity contribution in [3.63, 3.8) is 0 Å². The summed E-state index contributed by atoms with van der Waals surface area (Å²) in [4.78, 5) is 5.38. The lowest BCUT2D eigenvalue weighted by Crippen LogP contribution is -1.81. The van der Waals surface area contributed by atoms with Gasteiger partial charge in [-0.2, -0.15) is 0 Å².